The van der Waals surface area contributed by atoms with Crippen LogP contribution in [0.1, 0.15) is 91.2 Å². The van der Waals surface area contributed by atoms with Crippen molar-refractivity contribution in [2.24, 2.45) is 30.0 Å². The van der Waals surface area contributed by atoms with E-state index in [1.165, 1.54) is 52.0 Å². The maximum Gasteiger partial charge on any atom is 0.209 e. The summed E-state index contributed by atoms with van der Waals surface area (Å²) < 4.78 is 0. The zero-order chi connectivity index (χ0) is 44.9. The number of hydrogen-bond acceptors (Lipinski definition) is 15. The van der Waals surface area contributed by atoms with E-state index in [0.717, 1.165) is 38.5 Å². The molecular weight excluding hydrogens is 775 g/mol. The number of benzene rings is 2. The Hall–Kier alpha value is -6.33. The molecule has 6 N–H and O–H groups in total. The molecule has 0 aromatic heterocycles. The lowest BCUT2D eigenvalue weighted by atomic mass is 10.0. The Bertz CT molecular complexity index is 1470. The third-order valence-electron chi connectivity index (χ3n) is 8.24. The van der Waals surface area contributed by atoms with Gasteiger partial charge < -0.3 is 45.3 Å². The molecule has 6 bridgehead atoms. The van der Waals surface area contributed by atoms with Crippen molar-refractivity contribution in [1.29, 1.82) is 0 Å². The average molecular weight is 838 g/mol. The molecule has 0 atom stereocenters. The van der Waals surface area contributed by atoms with Crippen molar-refractivity contribution in [1.82, 2.24) is 14.7 Å². The largest absolute Gasteiger partial charge is 0.506 e. The van der Waals surface area contributed by atoms with E-state index in [1.807, 2.05) is 0 Å². The first kappa shape index (κ1) is 51.7. The highest BCUT2D eigenvalue weighted by Gasteiger charge is 2.22. The van der Waals surface area contributed by atoms with Crippen LogP contribution in [0.3, 0.4) is 0 Å². The molecule has 0 radical (unpaired) electrons. The second-order valence-electron chi connectivity index (χ2n) is 14.2. The van der Waals surface area contributed by atoms with Crippen LogP contribution in [0.25, 0.3) is 0 Å². The summed E-state index contributed by atoms with van der Waals surface area (Å²) in [5, 5.41) is 65.8. The first-order valence-corrected chi connectivity index (χ1v) is 19.7. The highest BCUT2D eigenvalue weighted by Crippen LogP contribution is 2.41. The summed E-state index contributed by atoms with van der Waals surface area (Å²) in [6, 6.07) is 0. The van der Waals surface area contributed by atoms with Crippen LogP contribution in [0.15, 0.2) is 30.0 Å². The molecule has 0 fully saturated rings. The van der Waals surface area contributed by atoms with Gasteiger partial charge in [0.25, 0.3) is 0 Å². The van der Waals surface area contributed by atoms with E-state index in [2.05, 4.69) is 30.0 Å². The van der Waals surface area contributed by atoms with Gasteiger partial charge in [0.15, 0.2) is 0 Å². The van der Waals surface area contributed by atoms with Crippen molar-refractivity contribution in [2.45, 2.75) is 57.8 Å². The van der Waals surface area contributed by atoms with E-state index in [1.54, 1.807) is 42.3 Å². The number of rotatable bonds is 3. The third-order valence-corrected chi connectivity index (χ3v) is 8.24. The van der Waals surface area contributed by atoms with E-state index in [0.29, 0.717) is 77.8 Å². The smallest absolute Gasteiger partial charge is 0.209 e. The SMILES string of the molecule is CN(C)C=O.CN(C)C=O.CN(C)C=O.Oc1c2c(O)c3c(O)c1C=NCCCCCN=Cc1c(O)c(c(O)c(c1O)C=NCCCCCN=C3)C=NCCCCCN=C2. The quantitative estimate of drug-likeness (QED) is 0.246. The van der Waals surface area contributed by atoms with Gasteiger partial charge in [-0.3, -0.25) is 44.3 Å². The number of amides is 3. The fourth-order valence-corrected chi connectivity index (χ4v) is 4.96. The van der Waals surface area contributed by atoms with Crippen molar-refractivity contribution in [3.8, 4) is 34.5 Å². The predicted molar refractivity (Wildman–Crippen MR) is 238 cm³/mol. The maximum atomic E-state index is 11.0. The van der Waals surface area contributed by atoms with Crippen molar-refractivity contribution in [3.05, 3.63) is 33.4 Å². The highest BCUT2D eigenvalue weighted by atomic mass is 16.3. The van der Waals surface area contributed by atoms with Gasteiger partial charge in [-0.1, -0.05) is 0 Å². The fraction of sp³-hybridized carbons (Fsp3) is 0.500. The predicted octanol–water partition coefficient (Wildman–Crippen LogP) is 3.79. The molecule has 18 heteroatoms. The van der Waals surface area contributed by atoms with Crippen LogP contribution in [0.5, 0.6) is 34.5 Å². The van der Waals surface area contributed by atoms with Crippen molar-refractivity contribution in [2.75, 3.05) is 81.6 Å². The molecule has 3 aliphatic rings. The first-order valence-electron chi connectivity index (χ1n) is 19.7. The first-order chi connectivity index (χ1) is 28.7. The molecule has 0 unspecified atom stereocenters. The van der Waals surface area contributed by atoms with Gasteiger partial charge in [-0.2, -0.15) is 0 Å². The van der Waals surface area contributed by atoms with Crippen LogP contribution in [0.4, 0.5) is 0 Å². The number of carbonyl (C=O) groups is 3. The average Bonchev–Trinajstić information content (AvgIpc) is 3.22. The van der Waals surface area contributed by atoms with Crippen LogP contribution >= 0.6 is 0 Å². The second kappa shape index (κ2) is 29.8. The van der Waals surface area contributed by atoms with Gasteiger partial charge in [0.1, 0.15) is 34.5 Å². The lowest BCUT2D eigenvalue weighted by Crippen LogP contribution is -2.06. The molecule has 0 saturated carbocycles. The molecule has 0 aliphatic carbocycles. The van der Waals surface area contributed by atoms with Gasteiger partial charge in [0.05, 0.1) is 33.4 Å². The van der Waals surface area contributed by atoms with E-state index in [4.69, 9.17) is 0 Å². The van der Waals surface area contributed by atoms with Crippen LogP contribution in [-0.4, -0.2) is 183 Å². The Kier molecular flexibility index (Phi) is 25.7. The number of hydrogen-bond donors (Lipinski definition) is 6. The number of phenols is 6. The number of phenolic OH excluding ortho intramolecular Hbond substituents is 6. The molecule has 0 saturated heterocycles. The molecule has 60 heavy (non-hydrogen) atoms. The van der Waals surface area contributed by atoms with Crippen molar-refractivity contribution < 1.29 is 45.0 Å². The molecule has 3 aliphatic heterocycles. The zero-order valence-corrected chi connectivity index (χ0v) is 35.7. The Morgan fingerprint density at radius 1 is 0.333 bits per heavy atom. The summed E-state index contributed by atoms with van der Waals surface area (Å²) in [6.45, 7) is 2.59. The van der Waals surface area contributed by atoms with Gasteiger partial charge >= 0.3 is 0 Å². The lowest BCUT2D eigenvalue weighted by Gasteiger charge is -2.13. The number of aromatic hydroxyl groups is 6. The van der Waals surface area contributed by atoms with E-state index in [-0.39, 0.29) is 67.9 Å². The topological polar surface area (TPSA) is 256 Å². The molecule has 3 amide bonds. The van der Waals surface area contributed by atoms with Crippen LogP contribution in [-0.2, 0) is 14.4 Å². The van der Waals surface area contributed by atoms with E-state index < -0.39 is 0 Å². The summed E-state index contributed by atoms with van der Waals surface area (Å²) in [5.41, 5.74) is 0.540. The molecule has 18 nitrogen and oxygen atoms in total. The van der Waals surface area contributed by atoms with Gasteiger partial charge in [-0.05, 0) is 57.8 Å². The van der Waals surface area contributed by atoms with E-state index >= 15 is 0 Å². The third kappa shape index (κ3) is 18.9. The number of nitrogens with zero attached hydrogens (tertiary/aromatic N) is 9. The summed E-state index contributed by atoms with van der Waals surface area (Å²) in [6.07, 6.45) is 17.3. The summed E-state index contributed by atoms with van der Waals surface area (Å²) in [7, 11) is 10.1. The molecule has 5 rings (SSSR count). The summed E-state index contributed by atoms with van der Waals surface area (Å²) >= 11 is 0. The molecule has 3 heterocycles. The summed E-state index contributed by atoms with van der Waals surface area (Å²) in [4.78, 5) is 59.0. The Balaban J connectivity index is 0.00000103. The minimum atomic E-state index is -0.309. The standard InChI is InChI=1S/C33H42N6O6.3C3H7NO/c40-28-22-16-34-10-4-1-5-11-35-17-23-29(41)25-19-37-13-7-2-6-12-36-18-24(28)32(44)26(30(22)42)20-38-14-8-3-9-15-39-21-27(31(23)43)33(25)45;3*1-4(2)3-5/h16-21,40-45H,1-15H2;3*3H,1-2H3. The Labute approximate surface area is 352 Å². The molecule has 330 valence electrons. The number of carbonyl (C=O) groups excluding carboxylic acids is 3. The van der Waals surface area contributed by atoms with E-state index in [9.17, 15) is 45.0 Å². The zero-order valence-electron chi connectivity index (χ0n) is 35.7. The van der Waals surface area contributed by atoms with Crippen LogP contribution in [0, 0.1) is 0 Å². The fourth-order valence-electron chi connectivity index (χ4n) is 4.96. The maximum absolute atomic E-state index is 11.0. The normalized spacial score (nSPS) is 14.7. The minimum absolute atomic E-state index is 0.0900. The monoisotopic (exact) mass is 837 g/mol. The molecule has 2 aromatic rings. The second-order valence-corrected chi connectivity index (χ2v) is 14.2. The van der Waals surface area contributed by atoms with Gasteiger partial charge in [-0.25, -0.2) is 0 Å². The van der Waals surface area contributed by atoms with Gasteiger partial charge in [0.2, 0.25) is 19.2 Å². The Morgan fingerprint density at radius 2 is 0.467 bits per heavy atom. The molecular formula is C42H63N9O9. The number of fused-ring (bicyclic) bond motifs is 18. The highest BCUT2D eigenvalue weighted by molar-refractivity contribution is 6.04. The minimum Gasteiger partial charge on any atom is -0.506 e. The van der Waals surface area contributed by atoms with Crippen molar-refractivity contribution >= 4 is 56.5 Å². The van der Waals surface area contributed by atoms with Crippen LogP contribution < -0.4 is 0 Å². The van der Waals surface area contributed by atoms with Crippen LogP contribution in [0.2, 0.25) is 0 Å². The Morgan fingerprint density at radius 3 is 0.583 bits per heavy atom. The number of aliphatic imine (C=N–C) groups is 6. The van der Waals surface area contributed by atoms with Crippen molar-refractivity contribution in [3.63, 3.8) is 0 Å². The van der Waals surface area contributed by atoms with Gasteiger partial charge in [0, 0.05) is 119 Å². The molecule has 2 aromatic carbocycles. The lowest BCUT2D eigenvalue weighted by molar-refractivity contribution is -0.116. The molecule has 0 spiro atoms. The van der Waals surface area contributed by atoms with Gasteiger partial charge in [-0.15, -0.1) is 0 Å². The summed E-state index contributed by atoms with van der Waals surface area (Å²) in [5.74, 6) is -1.86.